The first-order valence-corrected chi connectivity index (χ1v) is 7.54. The van der Waals surface area contributed by atoms with E-state index in [0.29, 0.717) is 28.2 Å². The number of rotatable bonds is 4. The minimum Gasteiger partial charge on any atom is -0.481 e. The fourth-order valence-corrected chi connectivity index (χ4v) is 2.45. The van der Waals surface area contributed by atoms with E-state index in [2.05, 4.69) is 36.3 Å². The predicted molar refractivity (Wildman–Crippen MR) is 83.5 cm³/mol. The lowest BCUT2D eigenvalue weighted by atomic mass is 10.3. The van der Waals surface area contributed by atoms with Gasteiger partial charge in [-0.25, -0.2) is 0 Å². The Morgan fingerprint density at radius 3 is 2.91 bits per heavy atom. The van der Waals surface area contributed by atoms with Crippen LogP contribution in [0.3, 0.4) is 0 Å². The molecule has 0 aliphatic rings. The van der Waals surface area contributed by atoms with Crippen LogP contribution >= 0.6 is 27.5 Å². The molecule has 112 valence electrons. The highest BCUT2D eigenvalue weighted by Crippen LogP contribution is 2.31. The number of halogens is 2. The van der Waals surface area contributed by atoms with Gasteiger partial charge in [-0.1, -0.05) is 32.7 Å². The van der Waals surface area contributed by atoms with Crippen LogP contribution in [0.15, 0.2) is 45.5 Å². The fourth-order valence-electron chi connectivity index (χ4n) is 1.73. The summed E-state index contributed by atoms with van der Waals surface area (Å²) in [5, 5.41) is 12.1. The Morgan fingerprint density at radius 2 is 2.18 bits per heavy atom. The van der Waals surface area contributed by atoms with E-state index in [4.69, 9.17) is 20.9 Å². The van der Waals surface area contributed by atoms with Crippen LogP contribution in [0.1, 0.15) is 18.9 Å². The second-order valence-electron chi connectivity index (χ2n) is 4.40. The van der Waals surface area contributed by atoms with Crippen molar-refractivity contribution >= 4 is 27.5 Å². The van der Waals surface area contributed by atoms with Gasteiger partial charge in [0, 0.05) is 10.7 Å². The van der Waals surface area contributed by atoms with Gasteiger partial charge >= 0.3 is 0 Å². The summed E-state index contributed by atoms with van der Waals surface area (Å²) in [6.45, 7) is 1.81. The van der Waals surface area contributed by atoms with Crippen LogP contribution in [0.2, 0.25) is 5.02 Å². The SMILES string of the molecule is CC(Oc1ccc(Br)cc1Cl)c1noc(-c2cccnn2)n1. The highest BCUT2D eigenvalue weighted by atomic mass is 79.9. The minimum atomic E-state index is -0.423. The number of benzene rings is 1. The van der Waals surface area contributed by atoms with E-state index in [9.17, 15) is 0 Å². The van der Waals surface area contributed by atoms with Crippen LogP contribution in [0, 0.1) is 0 Å². The number of ether oxygens (including phenoxy) is 1. The van der Waals surface area contributed by atoms with E-state index in [1.54, 1.807) is 30.5 Å². The van der Waals surface area contributed by atoms with Crippen molar-refractivity contribution in [2.45, 2.75) is 13.0 Å². The summed E-state index contributed by atoms with van der Waals surface area (Å²) in [7, 11) is 0. The van der Waals surface area contributed by atoms with Gasteiger partial charge in [-0.3, -0.25) is 0 Å². The van der Waals surface area contributed by atoms with Crippen LogP contribution < -0.4 is 4.74 Å². The van der Waals surface area contributed by atoms with E-state index in [0.717, 1.165) is 4.47 Å². The first kappa shape index (κ1) is 14.9. The van der Waals surface area contributed by atoms with E-state index in [1.165, 1.54) is 0 Å². The summed E-state index contributed by atoms with van der Waals surface area (Å²) in [6.07, 6.45) is 1.15. The molecule has 1 unspecified atom stereocenters. The van der Waals surface area contributed by atoms with E-state index >= 15 is 0 Å². The maximum Gasteiger partial charge on any atom is 0.278 e. The molecule has 2 heterocycles. The third-order valence-electron chi connectivity index (χ3n) is 2.79. The van der Waals surface area contributed by atoms with Crippen molar-refractivity contribution in [2.24, 2.45) is 0 Å². The molecular weight excluding hydrogens is 372 g/mol. The number of nitrogens with zero attached hydrogens (tertiary/aromatic N) is 4. The monoisotopic (exact) mass is 380 g/mol. The van der Waals surface area contributed by atoms with Gasteiger partial charge in [0.15, 0.2) is 11.8 Å². The summed E-state index contributed by atoms with van der Waals surface area (Å²) in [4.78, 5) is 4.27. The standard InChI is InChI=1S/C14H10BrClN4O2/c1-8(21-12-5-4-9(15)7-10(12)16)13-18-14(22-20-13)11-3-2-6-17-19-11/h2-8H,1H3. The number of aromatic nitrogens is 4. The predicted octanol–water partition coefficient (Wildman–Crippen LogP) is 4.08. The molecule has 0 bridgehead atoms. The van der Waals surface area contributed by atoms with Crippen LogP contribution in [0.25, 0.3) is 11.6 Å². The van der Waals surface area contributed by atoms with Crippen LogP contribution in [-0.4, -0.2) is 20.3 Å². The van der Waals surface area contributed by atoms with Gasteiger partial charge in [-0.15, -0.1) is 5.10 Å². The third-order valence-corrected chi connectivity index (χ3v) is 3.58. The first-order valence-electron chi connectivity index (χ1n) is 6.37. The second kappa shape index (κ2) is 6.41. The maximum atomic E-state index is 6.12. The lowest BCUT2D eigenvalue weighted by Gasteiger charge is -2.12. The Morgan fingerprint density at radius 1 is 1.32 bits per heavy atom. The Kier molecular flexibility index (Phi) is 4.35. The average molecular weight is 382 g/mol. The summed E-state index contributed by atoms with van der Waals surface area (Å²) in [6, 6.07) is 8.85. The highest BCUT2D eigenvalue weighted by Gasteiger charge is 2.18. The Hall–Kier alpha value is -1.99. The molecule has 6 nitrogen and oxygen atoms in total. The summed E-state index contributed by atoms with van der Waals surface area (Å²) >= 11 is 9.47. The molecule has 0 saturated heterocycles. The first-order chi connectivity index (χ1) is 10.6. The van der Waals surface area contributed by atoms with Crippen molar-refractivity contribution in [3.05, 3.63) is 51.8 Å². The summed E-state index contributed by atoms with van der Waals surface area (Å²) in [5.41, 5.74) is 0.509. The molecule has 0 amide bonds. The van der Waals surface area contributed by atoms with Crippen LogP contribution in [0.5, 0.6) is 5.75 Å². The second-order valence-corrected chi connectivity index (χ2v) is 5.72. The van der Waals surface area contributed by atoms with Gasteiger partial charge in [0.2, 0.25) is 5.82 Å². The van der Waals surface area contributed by atoms with Gasteiger partial charge in [0.25, 0.3) is 5.89 Å². The molecular formula is C14H10BrClN4O2. The van der Waals surface area contributed by atoms with Gasteiger partial charge in [0.1, 0.15) is 5.75 Å². The highest BCUT2D eigenvalue weighted by molar-refractivity contribution is 9.10. The van der Waals surface area contributed by atoms with Crippen LogP contribution in [-0.2, 0) is 0 Å². The van der Waals surface area contributed by atoms with Gasteiger partial charge in [-0.05, 0) is 37.3 Å². The normalized spacial score (nSPS) is 12.1. The third kappa shape index (κ3) is 3.26. The summed E-state index contributed by atoms with van der Waals surface area (Å²) in [5.74, 6) is 1.24. The molecule has 3 rings (SSSR count). The maximum absolute atomic E-state index is 6.12. The minimum absolute atomic E-state index is 0.292. The van der Waals surface area contributed by atoms with Crippen LogP contribution in [0.4, 0.5) is 0 Å². The molecule has 0 aliphatic heterocycles. The zero-order valence-electron chi connectivity index (χ0n) is 11.4. The van der Waals surface area contributed by atoms with Crippen molar-refractivity contribution in [1.82, 2.24) is 20.3 Å². The van der Waals surface area contributed by atoms with Crippen molar-refractivity contribution in [3.8, 4) is 17.3 Å². The molecule has 0 aliphatic carbocycles. The fraction of sp³-hybridized carbons (Fsp3) is 0.143. The van der Waals surface area contributed by atoms with Gasteiger partial charge in [0.05, 0.1) is 5.02 Å². The topological polar surface area (TPSA) is 73.9 Å². The molecule has 0 N–H and O–H groups in total. The Bertz CT molecular complexity index is 782. The lowest BCUT2D eigenvalue weighted by molar-refractivity contribution is 0.211. The largest absolute Gasteiger partial charge is 0.481 e. The molecule has 3 aromatic rings. The van der Waals surface area contributed by atoms with Crippen molar-refractivity contribution in [1.29, 1.82) is 0 Å². The lowest BCUT2D eigenvalue weighted by Crippen LogP contribution is -2.05. The van der Waals surface area contributed by atoms with Gasteiger partial charge < -0.3 is 9.26 Å². The quantitative estimate of drug-likeness (QED) is 0.678. The zero-order valence-corrected chi connectivity index (χ0v) is 13.7. The Balaban J connectivity index is 1.78. The molecule has 0 saturated carbocycles. The zero-order chi connectivity index (χ0) is 15.5. The average Bonchev–Trinajstić information content (AvgIpc) is 3.01. The Labute approximate surface area is 139 Å². The van der Waals surface area contributed by atoms with Gasteiger partial charge in [-0.2, -0.15) is 10.1 Å². The van der Waals surface area contributed by atoms with E-state index in [-0.39, 0.29) is 0 Å². The summed E-state index contributed by atoms with van der Waals surface area (Å²) < 4.78 is 11.8. The number of hydrogen-bond acceptors (Lipinski definition) is 6. The molecule has 22 heavy (non-hydrogen) atoms. The van der Waals surface area contributed by atoms with Crippen molar-refractivity contribution in [2.75, 3.05) is 0 Å². The molecule has 1 atom stereocenters. The van der Waals surface area contributed by atoms with E-state index in [1.807, 2.05) is 13.0 Å². The van der Waals surface area contributed by atoms with Crippen molar-refractivity contribution < 1.29 is 9.26 Å². The van der Waals surface area contributed by atoms with Crippen molar-refractivity contribution in [3.63, 3.8) is 0 Å². The molecule has 0 spiro atoms. The smallest absolute Gasteiger partial charge is 0.278 e. The number of hydrogen-bond donors (Lipinski definition) is 0. The molecule has 0 radical (unpaired) electrons. The molecule has 8 heteroatoms. The molecule has 2 aromatic heterocycles. The molecule has 0 fully saturated rings. The van der Waals surface area contributed by atoms with E-state index < -0.39 is 6.10 Å². The molecule has 1 aromatic carbocycles.